The Morgan fingerprint density at radius 1 is 1.22 bits per heavy atom. The maximum atomic E-state index is 12.9. The summed E-state index contributed by atoms with van der Waals surface area (Å²) < 4.78 is 6.72. The lowest BCUT2D eigenvalue weighted by atomic mass is 10.1. The molecule has 5 nitrogen and oxygen atoms in total. The number of hydrogen-bond acceptors (Lipinski definition) is 3. The SMILES string of the molecule is CCn1c(=O)oc2ccc(C(=O)N3CCc4ccccc43)cc21. The smallest absolute Gasteiger partial charge is 0.408 e. The van der Waals surface area contributed by atoms with Crippen LogP contribution in [-0.2, 0) is 13.0 Å². The van der Waals surface area contributed by atoms with Crippen LogP contribution in [0.2, 0.25) is 0 Å². The van der Waals surface area contributed by atoms with Gasteiger partial charge in [-0.25, -0.2) is 4.79 Å². The van der Waals surface area contributed by atoms with E-state index >= 15 is 0 Å². The second-order valence-electron chi connectivity index (χ2n) is 5.63. The fraction of sp³-hybridized carbons (Fsp3) is 0.222. The van der Waals surface area contributed by atoms with Gasteiger partial charge in [0.15, 0.2) is 5.58 Å². The summed E-state index contributed by atoms with van der Waals surface area (Å²) in [5.41, 5.74) is 3.90. The van der Waals surface area contributed by atoms with Gasteiger partial charge < -0.3 is 9.32 Å². The van der Waals surface area contributed by atoms with E-state index in [2.05, 4.69) is 6.07 Å². The number of carbonyl (C=O) groups is 1. The molecule has 23 heavy (non-hydrogen) atoms. The predicted molar refractivity (Wildman–Crippen MR) is 88.0 cm³/mol. The maximum Gasteiger partial charge on any atom is 0.419 e. The summed E-state index contributed by atoms with van der Waals surface area (Å²) in [6.45, 7) is 3.07. The van der Waals surface area contributed by atoms with Crippen molar-refractivity contribution < 1.29 is 9.21 Å². The zero-order valence-corrected chi connectivity index (χ0v) is 12.8. The van der Waals surface area contributed by atoms with Crippen LogP contribution in [0, 0.1) is 0 Å². The molecule has 1 aliphatic heterocycles. The molecule has 0 spiro atoms. The van der Waals surface area contributed by atoms with Crippen LogP contribution in [0.3, 0.4) is 0 Å². The zero-order chi connectivity index (χ0) is 16.0. The monoisotopic (exact) mass is 308 g/mol. The molecule has 0 bridgehead atoms. The van der Waals surface area contributed by atoms with Gasteiger partial charge in [-0.15, -0.1) is 0 Å². The molecule has 2 aromatic carbocycles. The number of amides is 1. The molecular formula is C18H16N2O3. The van der Waals surface area contributed by atoms with Crippen LogP contribution in [0.25, 0.3) is 11.1 Å². The number of aryl methyl sites for hydroxylation is 1. The molecule has 0 radical (unpaired) electrons. The Labute approximate surface area is 132 Å². The number of anilines is 1. The van der Waals surface area contributed by atoms with Gasteiger partial charge in [0.2, 0.25) is 0 Å². The minimum absolute atomic E-state index is 0.0480. The first-order valence-corrected chi connectivity index (χ1v) is 7.72. The minimum atomic E-state index is -0.390. The van der Waals surface area contributed by atoms with Crippen molar-refractivity contribution in [1.29, 1.82) is 0 Å². The van der Waals surface area contributed by atoms with Crippen molar-refractivity contribution in [3.8, 4) is 0 Å². The van der Waals surface area contributed by atoms with Gasteiger partial charge in [0.05, 0.1) is 5.52 Å². The van der Waals surface area contributed by atoms with E-state index in [0.29, 0.717) is 29.8 Å². The van der Waals surface area contributed by atoms with Crippen LogP contribution in [0.1, 0.15) is 22.8 Å². The van der Waals surface area contributed by atoms with E-state index in [4.69, 9.17) is 4.42 Å². The van der Waals surface area contributed by atoms with Gasteiger partial charge in [-0.3, -0.25) is 9.36 Å². The lowest BCUT2D eigenvalue weighted by Crippen LogP contribution is -2.28. The average Bonchev–Trinajstić information content (AvgIpc) is 3.13. The second kappa shape index (κ2) is 5.12. The lowest BCUT2D eigenvalue weighted by molar-refractivity contribution is 0.0989. The molecule has 0 N–H and O–H groups in total. The van der Waals surface area contributed by atoms with Crippen molar-refractivity contribution in [3.63, 3.8) is 0 Å². The fourth-order valence-electron chi connectivity index (χ4n) is 3.20. The molecule has 0 aliphatic carbocycles. The third kappa shape index (κ3) is 2.08. The molecule has 1 amide bonds. The predicted octanol–water partition coefficient (Wildman–Crippen LogP) is 2.82. The van der Waals surface area contributed by atoms with Crippen molar-refractivity contribution in [3.05, 3.63) is 64.1 Å². The highest BCUT2D eigenvalue weighted by Crippen LogP contribution is 2.29. The normalized spacial score (nSPS) is 13.5. The highest BCUT2D eigenvalue weighted by atomic mass is 16.4. The van der Waals surface area contributed by atoms with Crippen molar-refractivity contribution >= 4 is 22.7 Å². The highest BCUT2D eigenvalue weighted by molar-refractivity contribution is 6.08. The Bertz CT molecular complexity index is 968. The second-order valence-corrected chi connectivity index (χ2v) is 5.63. The average molecular weight is 308 g/mol. The molecule has 4 rings (SSSR count). The van der Waals surface area contributed by atoms with Gasteiger partial charge >= 0.3 is 5.76 Å². The number of benzene rings is 2. The number of nitrogens with zero attached hydrogens (tertiary/aromatic N) is 2. The van der Waals surface area contributed by atoms with E-state index in [1.165, 1.54) is 10.1 Å². The first-order valence-electron chi connectivity index (χ1n) is 7.72. The Morgan fingerprint density at radius 2 is 2.04 bits per heavy atom. The summed E-state index contributed by atoms with van der Waals surface area (Å²) in [5.74, 6) is -0.438. The standard InChI is InChI=1S/C18H16N2O3/c1-2-19-15-11-13(7-8-16(15)23-18(19)22)17(21)20-10-9-12-5-3-4-6-14(12)20/h3-8,11H,2,9-10H2,1H3. The maximum absolute atomic E-state index is 12.9. The summed E-state index contributed by atoms with van der Waals surface area (Å²) in [4.78, 5) is 26.4. The molecule has 0 saturated heterocycles. The highest BCUT2D eigenvalue weighted by Gasteiger charge is 2.25. The van der Waals surface area contributed by atoms with Crippen molar-refractivity contribution in [2.45, 2.75) is 19.9 Å². The van der Waals surface area contributed by atoms with Gasteiger partial charge in [0.25, 0.3) is 5.91 Å². The van der Waals surface area contributed by atoms with E-state index in [0.717, 1.165) is 12.1 Å². The summed E-state index contributed by atoms with van der Waals surface area (Å²) in [7, 11) is 0. The molecule has 1 aromatic heterocycles. The van der Waals surface area contributed by atoms with Crippen LogP contribution < -0.4 is 10.7 Å². The molecule has 3 aromatic rings. The topological polar surface area (TPSA) is 55.5 Å². The molecule has 0 unspecified atom stereocenters. The van der Waals surface area contributed by atoms with E-state index in [1.807, 2.05) is 25.1 Å². The van der Waals surface area contributed by atoms with Crippen molar-refractivity contribution in [1.82, 2.24) is 4.57 Å². The van der Waals surface area contributed by atoms with E-state index in [1.54, 1.807) is 23.1 Å². The summed E-state index contributed by atoms with van der Waals surface area (Å²) >= 11 is 0. The minimum Gasteiger partial charge on any atom is -0.408 e. The quantitative estimate of drug-likeness (QED) is 0.731. The number of fused-ring (bicyclic) bond motifs is 2. The number of carbonyl (C=O) groups excluding carboxylic acids is 1. The molecule has 5 heteroatoms. The van der Waals surface area contributed by atoms with Crippen molar-refractivity contribution in [2.75, 3.05) is 11.4 Å². The third-order valence-corrected chi connectivity index (χ3v) is 4.36. The Morgan fingerprint density at radius 3 is 2.87 bits per heavy atom. The first kappa shape index (κ1) is 13.8. The molecule has 2 heterocycles. The van der Waals surface area contributed by atoms with Crippen LogP contribution in [0.5, 0.6) is 0 Å². The summed E-state index contributed by atoms with van der Waals surface area (Å²) in [6, 6.07) is 13.1. The number of hydrogen-bond donors (Lipinski definition) is 0. The van der Waals surface area contributed by atoms with Gasteiger partial charge in [-0.2, -0.15) is 0 Å². The molecule has 0 saturated carbocycles. The first-order chi connectivity index (χ1) is 11.2. The fourth-order valence-corrected chi connectivity index (χ4v) is 3.20. The Kier molecular flexibility index (Phi) is 3.08. The van der Waals surface area contributed by atoms with E-state index < -0.39 is 5.76 Å². The molecular weight excluding hydrogens is 292 g/mol. The molecule has 116 valence electrons. The van der Waals surface area contributed by atoms with E-state index in [9.17, 15) is 9.59 Å². The van der Waals surface area contributed by atoms with Gasteiger partial charge in [-0.05, 0) is 43.2 Å². The van der Waals surface area contributed by atoms with Gasteiger partial charge in [-0.1, -0.05) is 18.2 Å². The molecule has 1 aliphatic rings. The Balaban J connectivity index is 1.78. The summed E-state index contributed by atoms with van der Waals surface area (Å²) in [6.07, 6.45) is 0.871. The zero-order valence-electron chi connectivity index (χ0n) is 12.8. The van der Waals surface area contributed by atoms with Crippen molar-refractivity contribution in [2.24, 2.45) is 0 Å². The third-order valence-electron chi connectivity index (χ3n) is 4.36. The number of aromatic nitrogens is 1. The lowest BCUT2D eigenvalue weighted by Gasteiger charge is -2.17. The molecule has 0 atom stereocenters. The number of para-hydroxylation sites is 1. The van der Waals surface area contributed by atoms with Crippen LogP contribution in [0.4, 0.5) is 5.69 Å². The number of oxazole rings is 1. The molecule has 0 fully saturated rings. The Hall–Kier alpha value is -2.82. The van der Waals surface area contributed by atoms with E-state index in [-0.39, 0.29) is 5.91 Å². The summed E-state index contributed by atoms with van der Waals surface area (Å²) in [5, 5.41) is 0. The van der Waals surface area contributed by atoms with Crippen LogP contribution in [0.15, 0.2) is 51.7 Å². The van der Waals surface area contributed by atoms with Crippen LogP contribution in [-0.4, -0.2) is 17.0 Å². The van der Waals surface area contributed by atoms with Gasteiger partial charge in [0.1, 0.15) is 0 Å². The van der Waals surface area contributed by atoms with Crippen LogP contribution >= 0.6 is 0 Å². The number of rotatable bonds is 2. The largest absolute Gasteiger partial charge is 0.419 e. The van der Waals surface area contributed by atoms with Gasteiger partial charge in [0, 0.05) is 24.3 Å².